The summed E-state index contributed by atoms with van der Waals surface area (Å²) in [5.74, 6) is 0.957. The molecular formula is C29H45NO. The van der Waals surface area contributed by atoms with Crippen LogP contribution in [0.15, 0.2) is 42.6 Å². The zero-order valence-corrected chi connectivity index (χ0v) is 20.4. The normalized spacial score (nSPS) is 12.1. The van der Waals surface area contributed by atoms with Crippen LogP contribution >= 0.6 is 0 Å². The molecule has 1 aromatic carbocycles. The number of aryl methyl sites for hydroxylation is 1. The number of hydrogen-bond donors (Lipinski definition) is 0. The Morgan fingerprint density at radius 1 is 0.710 bits per heavy atom. The maximum atomic E-state index is 6.08. The molecule has 0 aliphatic rings. The lowest BCUT2D eigenvalue weighted by Gasteiger charge is -2.15. The van der Waals surface area contributed by atoms with Crippen molar-refractivity contribution in [1.82, 2.24) is 4.98 Å². The minimum Gasteiger partial charge on any atom is -0.491 e. The van der Waals surface area contributed by atoms with Crippen molar-refractivity contribution >= 4 is 0 Å². The van der Waals surface area contributed by atoms with Crippen LogP contribution in [0.25, 0.3) is 11.3 Å². The van der Waals surface area contributed by atoms with Gasteiger partial charge in [-0.25, -0.2) is 0 Å². The average Bonchev–Trinajstić information content (AvgIpc) is 2.79. The molecule has 0 saturated heterocycles. The van der Waals surface area contributed by atoms with E-state index in [4.69, 9.17) is 9.72 Å². The fourth-order valence-electron chi connectivity index (χ4n) is 4.06. The first-order valence-corrected chi connectivity index (χ1v) is 12.9. The molecule has 0 unspecified atom stereocenters. The monoisotopic (exact) mass is 423 g/mol. The van der Waals surface area contributed by atoms with Gasteiger partial charge in [0.2, 0.25) is 0 Å². The molecule has 172 valence electrons. The Balaban J connectivity index is 1.69. The second kappa shape index (κ2) is 15.9. The van der Waals surface area contributed by atoms with E-state index >= 15 is 0 Å². The summed E-state index contributed by atoms with van der Waals surface area (Å²) >= 11 is 0. The van der Waals surface area contributed by atoms with Gasteiger partial charge in [-0.15, -0.1) is 0 Å². The number of ether oxygens (including phenoxy) is 1. The van der Waals surface area contributed by atoms with Crippen molar-refractivity contribution in [2.45, 2.75) is 117 Å². The van der Waals surface area contributed by atoms with Crippen LogP contribution in [0.3, 0.4) is 0 Å². The van der Waals surface area contributed by atoms with Gasteiger partial charge in [0.25, 0.3) is 0 Å². The predicted octanol–water partition coefficient (Wildman–Crippen LogP) is 9.17. The molecule has 0 aliphatic carbocycles. The molecule has 1 aromatic heterocycles. The Morgan fingerprint density at radius 3 is 1.94 bits per heavy atom. The highest BCUT2D eigenvalue weighted by Crippen LogP contribution is 2.23. The van der Waals surface area contributed by atoms with Crippen molar-refractivity contribution in [3.05, 3.63) is 48.2 Å². The minimum absolute atomic E-state index is 0.274. The van der Waals surface area contributed by atoms with E-state index in [1.807, 2.05) is 0 Å². The van der Waals surface area contributed by atoms with Crippen LogP contribution in [0.5, 0.6) is 5.75 Å². The maximum absolute atomic E-state index is 6.08. The van der Waals surface area contributed by atoms with Gasteiger partial charge in [0.05, 0.1) is 11.8 Å². The van der Waals surface area contributed by atoms with Crippen LogP contribution < -0.4 is 4.74 Å². The molecule has 0 aliphatic heterocycles. The number of hydrogen-bond acceptors (Lipinski definition) is 2. The zero-order valence-electron chi connectivity index (χ0n) is 20.4. The summed E-state index contributed by atoms with van der Waals surface area (Å²) in [6.07, 6.45) is 20.7. The minimum atomic E-state index is 0.274. The molecule has 2 nitrogen and oxygen atoms in total. The predicted molar refractivity (Wildman–Crippen MR) is 135 cm³/mol. The molecule has 1 atom stereocenters. The summed E-state index contributed by atoms with van der Waals surface area (Å²) in [6, 6.07) is 12.8. The van der Waals surface area contributed by atoms with Crippen molar-refractivity contribution in [3.63, 3.8) is 0 Å². The summed E-state index contributed by atoms with van der Waals surface area (Å²) in [5.41, 5.74) is 3.55. The Kier molecular flexibility index (Phi) is 13.0. The highest BCUT2D eigenvalue weighted by molar-refractivity contribution is 5.60. The lowest BCUT2D eigenvalue weighted by Crippen LogP contribution is -2.11. The van der Waals surface area contributed by atoms with Crippen LogP contribution in [0.2, 0.25) is 0 Å². The molecule has 2 aromatic rings. The fraction of sp³-hybridized carbons (Fsp3) is 0.621. The van der Waals surface area contributed by atoms with Crippen LogP contribution in [0, 0.1) is 0 Å². The lowest BCUT2D eigenvalue weighted by atomic mass is 10.0. The Morgan fingerprint density at radius 2 is 1.32 bits per heavy atom. The standard InChI is InChI=1S/C29H45NO/c1-4-6-8-10-11-12-13-15-17-26-18-23-29(30-24-26)27-19-21-28(22-20-27)31-25(3)16-14-9-7-5-2/h18-25H,4-17H2,1-3H3/t25-/m0/s1. The molecule has 2 rings (SSSR count). The first kappa shape index (κ1) is 25.4. The third kappa shape index (κ3) is 10.8. The summed E-state index contributed by atoms with van der Waals surface area (Å²) < 4.78 is 6.08. The average molecular weight is 424 g/mol. The van der Waals surface area contributed by atoms with E-state index in [0.29, 0.717) is 0 Å². The van der Waals surface area contributed by atoms with Gasteiger partial charge >= 0.3 is 0 Å². The summed E-state index contributed by atoms with van der Waals surface area (Å²) in [7, 11) is 0. The fourth-order valence-corrected chi connectivity index (χ4v) is 4.06. The third-order valence-electron chi connectivity index (χ3n) is 6.10. The van der Waals surface area contributed by atoms with Gasteiger partial charge in [-0.2, -0.15) is 0 Å². The van der Waals surface area contributed by atoms with Crippen molar-refractivity contribution < 1.29 is 4.74 Å². The molecule has 0 bridgehead atoms. The smallest absolute Gasteiger partial charge is 0.119 e. The van der Waals surface area contributed by atoms with Gasteiger partial charge < -0.3 is 4.74 Å². The molecule has 0 radical (unpaired) electrons. The number of pyridine rings is 1. The van der Waals surface area contributed by atoms with E-state index < -0.39 is 0 Å². The third-order valence-corrected chi connectivity index (χ3v) is 6.10. The highest BCUT2D eigenvalue weighted by atomic mass is 16.5. The summed E-state index contributed by atoms with van der Waals surface area (Å²) in [4.78, 5) is 4.71. The topological polar surface area (TPSA) is 22.1 Å². The van der Waals surface area contributed by atoms with E-state index in [-0.39, 0.29) is 6.10 Å². The van der Waals surface area contributed by atoms with Crippen LogP contribution in [0.4, 0.5) is 0 Å². The molecule has 0 saturated carbocycles. The summed E-state index contributed by atoms with van der Waals surface area (Å²) in [5, 5.41) is 0. The molecule has 0 N–H and O–H groups in total. The van der Waals surface area contributed by atoms with E-state index in [9.17, 15) is 0 Å². The first-order chi connectivity index (χ1) is 15.2. The van der Waals surface area contributed by atoms with Crippen molar-refractivity contribution in [2.24, 2.45) is 0 Å². The quantitative estimate of drug-likeness (QED) is 0.237. The number of unbranched alkanes of at least 4 members (excludes halogenated alkanes) is 10. The Labute approximate surface area is 191 Å². The largest absolute Gasteiger partial charge is 0.491 e. The van der Waals surface area contributed by atoms with Crippen molar-refractivity contribution in [2.75, 3.05) is 0 Å². The second-order valence-electron chi connectivity index (χ2n) is 9.08. The van der Waals surface area contributed by atoms with E-state index in [2.05, 4.69) is 63.4 Å². The van der Waals surface area contributed by atoms with Gasteiger partial charge in [-0.1, -0.05) is 84.1 Å². The number of benzene rings is 1. The molecule has 1 heterocycles. The highest BCUT2D eigenvalue weighted by Gasteiger charge is 2.05. The number of aromatic nitrogens is 1. The second-order valence-corrected chi connectivity index (χ2v) is 9.08. The van der Waals surface area contributed by atoms with Crippen LogP contribution in [-0.2, 0) is 6.42 Å². The SMILES string of the molecule is CCCCCCCCCCc1ccc(-c2ccc(O[C@@H](C)CCCCCC)cc2)nc1. The maximum Gasteiger partial charge on any atom is 0.119 e. The molecule has 0 amide bonds. The molecule has 0 fully saturated rings. The Bertz CT molecular complexity index is 677. The Hall–Kier alpha value is -1.83. The lowest BCUT2D eigenvalue weighted by molar-refractivity contribution is 0.206. The van der Waals surface area contributed by atoms with Crippen LogP contribution in [-0.4, -0.2) is 11.1 Å². The molecular weight excluding hydrogens is 378 g/mol. The number of nitrogens with zero attached hydrogens (tertiary/aromatic N) is 1. The van der Waals surface area contributed by atoms with Crippen molar-refractivity contribution in [3.8, 4) is 17.0 Å². The number of rotatable bonds is 17. The molecule has 0 spiro atoms. The van der Waals surface area contributed by atoms with Gasteiger partial charge in [-0.3, -0.25) is 4.98 Å². The molecule has 2 heteroatoms. The first-order valence-electron chi connectivity index (χ1n) is 12.9. The van der Waals surface area contributed by atoms with E-state index in [0.717, 1.165) is 29.8 Å². The van der Waals surface area contributed by atoms with Gasteiger partial charge in [0, 0.05) is 11.8 Å². The molecule has 31 heavy (non-hydrogen) atoms. The van der Waals surface area contributed by atoms with Gasteiger partial charge in [0.15, 0.2) is 0 Å². The summed E-state index contributed by atoms with van der Waals surface area (Å²) in [6.45, 7) is 6.70. The zero-order chi connectivity index (χ0) is 22.2. The van der Waals surface area contributed by atoms with Gasteiger partial charge in [0.1, 0.15) is 5.75 Å². The van der Waals surface area contributed by atoms with Gasteiger partial charge in [-0.05, 0) is 68.5 Å². The van der Waals surface area contributed by atoms with E-state index in [1.54, 1.807) is 0 Å². The van der Waals surface area contributed by atoms with Crippen LogP contribution in [0.1, 0.15) is 110 Å². The van der Waals surface area contributed by atoms with Crippen molar-refractivity contribution in [1.29, 1.82) is 0 Å². The van der Waals surface area contributed by atoms with E-state index in [1.165, 1.54) is 82.6 Å².